The van der Waals surface area contributed by atoms with E-state index in [1.54, 1.807) is 0 Å². The van der Waals surface area contributed by atoms with Gasteiger partial charge in [-0.1, -0.05) is 0 Å². The number of nitrogens with zero attached hydrogens (tertiary/aromatic N) is 3. The molecular formula is C11H14FN5O4. The van der Waals surface area contributed by atoms with Crippen molar-refractivity contribution in [3.63, 3.8) is 0 Å². The van der Waals surface area contributed by atoms with Crippen LogP contribution in [-0.2, 0) is 4.74 Å². The van der Waals surface area contributed by atoms with Crippen LogP contribution < -0.4 is 11.3 Å². The van der Waals surface area contributed by atoms with Crippen LogP contribution in [0.3, 0.4) is 0 Å². The highest BCUT2D eigenvalue weighted by molar-refractivity contribution is 5.70. The molecule has 0 spiro atoms. The molecule has 1 fully saturated rings. The number of aliphatic hydroxyl groups is 2. The minimum absolute atomic E-state index is 0.0317. The van der Waals surface area contributed by atoms with Gasteiger partial charge in [-0.05, 0) is 0 Å². The second kappa shape index (κ2) is 5.06. The second-order valence-corrected chi connectivity index (χ2v) is 4.83. The zero-order valence-electron chi connectivity index (χ0n) is 10.8. The quantitative estimate of drug-likeness (QED) is 0.543. The molecule has 2 aromatic rings. The molecule has 1 unspecified atom stereocenters. The van der Waals surface area contributed by atoms with Gasteiger partial charge in [0, 0.05) is 5.92 Å². The Balaban J connectivity index is 2.07. The molecule has 0 aliphatic carbocycles. The van der Waals surface area contributed by atoms with E-state index < -0.39 is 43.2 Å². The fourth-order valence-corrected chi connectivity index (χ4v) is 2.52. The van der Waals surface area contributed by atoms with Gasteiger partial charge >= 0.3 is 0 Å². The van der Waals surface area contributed by atoms with Crippen LogP contribution in [0.4, 0.5) is 10.3 Å². The van der Waals surface area contributed by atoms with E-state index in [1.165, 1.54) is 10.9 Å². The molecule has 1 saturated heterocycles. The molecule has 9 nitrogen and oxygen atoms in total. The van der Waals surface area contributed by atoms with Gasteiger partial charge in [-0.3, -0.25) is 18.7 Å². The number of aliphatic hydroxyl groups excluding tert-OH is 2. The minimum Gasteiger partial charge on any atom is -0.394 e. The standard InChI is InChI=1S/C11H14FN5O4/c12-1-4-5(2-18)21-10(7(4)19)17-3-14-6-8(17)15-11(13)16-9(6)20/h3-5,7,10,18-19H,1-2H2,(H3,13,15,16,20)/t4?,5-,7+,10-/m1/s1. The van der Waals surface area contributed by atoms with Crippen LogP contribution in [-0.4, -0.2) is 55.2 Å². The molecule has 2 aromatic heterocycles. The lowest BCUT2D eigenvalue weighted by atomic mass is 10.0. The van der Waals surface area contributed by atoms with Crippen LogP contribution in [0.25, 0.3) is 11.2 Å². The third-order valence-electron chi connectivity index (χ3n) is 3.61. The topological polar surface area (TPSA) is 139 Å². The summed E-state index contributed by atoms with van der Waals surface area (Å²) in [6.07, 6.45) is -1.78. The number of rotatable bonds is 3. The van der Waals surface area contributed by atoms with Gasteiger partial charge in [-0.2, -0.15) is 4.98 Å². The summed E-state index contributed by atoms with van der Waals surface area (Å²) in [5.74, 6) is -0.973. The Labute approximate surface area is 117 Å². The van der Waals surface area contributed by atoms with E-state index in [-0.39, 0.29) is 17.1 Å². The number of aromatic amines is 1. The smallest absolute Gasteiger partial charge is 0.280 e. The molecule has 10 heteroatoms. The van der Waals surface area contributed by atoms with Crippen molar-refractivity contribution < 1.29 is 19.3 Å². The van der Waals surface area contributed by atoms with Gasteiger partial charge in [0.25, 0.3) is 5.56 Å². The third kappa shape index (κ3) is 2.07. The normalized spacial score (nSPS) is 29.3. The molecule has 0 aromatic carbocycles. The van der Waals surface area contributed by atoms with Crippen LogP contribution in [0.2, 0.25) is 0 Å². The largest absolute Gasteiger partial charge is 0.394 e. The van der Waals surface area contributed by atoms with Crippen LogP contribution >= 0.6 is 0 Å². The Morgan fingerprint density at radius 3 is 2.95 bits per heavy atom. The van der Waals surface area contributed by atoms with Crippen molar-refractivity contribution in [2.75, 3.05) is 19.0 Å². The van der Waals surface area contributed by atoms with Gasteiger partial charge in [0.2, 0.25) is 5.95 Å². The molecule has 4 atom stereocenters. The number of H-pyrrole nitrogens is 1. The molecule has 114 valence electrons. The van der Waals surface area contributed by atoms with Crippen molar-refractivity contribution in [2.45, 2.75) is 18.4 Å². The number of nitrogens with one attached hydrogen (secondary N) is 1. The lowest BCUT2D eigenvalue weighted by Crippen LogP contribution is -2.29. The number of alkyl halides is 1. The van der Waals surface area contributed by atoms with Crippen LogP contribution in [0.1, 0.15) is 6.23 Å². The SMILES string of the molecule is Nc1nc2c(ncn2[C@@H]2O[C@H](CO)C(CF)[C@@H]2O)c(=O)[nH]1. The number of halogens is 1. The highest BCUT2D eigenvalue weighted by atomic mass is 19.1. The van der Waals surface area contributed by atoms with Gasteiger partial charge in [0.15, 0.2) is 17.4 Å². The van der Waals surface area contributed by atoms with Gasteiger partial charge in [0.1, 0.15) is 6.10 Å². The zero-order valence-corrected chi connectivity index (χ0v) is 10.8. The fraction of sp³-hybridized carbons (Fsp3) is 0.545. The molecule has 3 heterocycles. The predicted octanol–water partition coefficient (Wildman–Crippen LogP) is -1.46. The number of imidazole rings is 1. The Hall–Kier alpha value is -2.04. The number of nitrogens with two attached hydrogens (primary N) is 1. The summed E-state index contributed by atoms with van der Waals surface area (Å²) in [4.78, 5) is 21.8. The van der Waals surface area contributed by atoms with E-state index >= 15 is 0 Å². The van der Waals surface area contributed by atoms with E-state index in [9.17, 15) is 19.4 Å². The fourth-order valence-electron chi connectivity index (χ4n) is 2.52. The molecular weight excluding hydrogens is 285 g/mol. The molecule has 1 aliphatic heterocycles. The molecule has 0 radical (unpaired) electrons. The molecule has 0 saturated carbocycles. The molecule has 3 rings (SSSR count). The number of nitrogen functional groups attached to an aromatic ring is 1. The molecule has 5 N–H and O–H groups in total. The first-order valence-corrected chi connectivity index (χ1v) is 6.29. The van der Waals surface area contributed by atoms with Gasteiger partial charge in [-0.25, -0.2) is 4.98 Å². The number of hydrogen-bond acceptors (Lipinski definition) is 7. The van der Waals surface area contributed by atoms with Crippen LogP contribution in [0.15, 0.2) is 11.1 Å². The highest BCUT2D eigenvalue weighted by Gasteiger charge is 2.44. The summed E-state index contributed by atoms with van der Waals surface area (Å²) < 4.78 is 19.7. The van der Waals surface area contributed by atoms with Crippen molar-refractivity contribution in [3.05, 3.63) is 16.7 Å². The summed E-state index contributed by atoms with van der Waals surface area (Å²) >= 11 is 0. The van der Waals surface area contributed by atoms with Crippen molar-refractivity contribution in [2.24, 2.45) is 5.92 Å². The maximum atomic E-state index is 13.0. The number of hydrogen-bond donors (Lipinski definition) is 4. The van der Waals surface area contributed by atoms with E-state index in [4.69, 9.17) is 10.5 Å². The monoisotopic (exact) mass is 299 g/mol. The first-order chi connectivity index (χ1) is 10.1. The first-order valence-electron chi connectivity index (χ1n) is 6.29. The van der Waals surface area contributed by atoms with Crippen molar-refractivity contribution in [1.29, 1.82) is 0 Å². The van der Waals surface area contributed by atoms with E-state index in [0.717, 1.165) is 0 Å². The zero-order chi connectivity index (χ0) is 15.1. The average molecular weight is 299 g/mol. The van der Waals surface area contributed by atoms with Gasteiger partial charge < -0.3 is 20.7 Å². The first kappa shape index (κ1) is 13.9. The molecule has 0 amide bonds. The summed E-state index contributed by atoms with van der Waals surface area (Å²) in [6.45, 7) is -1.27. The average Bonchev–Trinajstić information content (AvgIpc) is 2.99. The second-order valence-electron chi connectivity index (χ2n) is 4.83. The highest BCUT2D eigenvalue weighted by Crippen LogP contribution is 2.35. The van der Waals surface area contributed by atoms with E-state index in [2.05, 4.69) is 15.0 Å². The summed E-state index contributed by atoms with van der Waals surface area (Å²) in [5.41, 5.74) is 5.11. The molecule has 21 heavy (non-hydrogen) atoms. The summed E-state index contributed by atoms with van der Waals surface area (Å²) in [5, 5.41) is 19.3. The van der Waals surface area contributed by atoms with Crippen LogP contribution in [0.5, 0.6) is 0 Å². The summed E-state index contributed by atoms with van der Waals surface area (Å²) in [7, 11) is 0. The van der Waals surface area contributed by atoms with Gasteiger partial charge in [0.05, 0.1) is 25.7 Å². The van der Waals surface area contributed by atoms with Crippen molar-refractivity contribution in [3.8, 4) is 0 Å². The number of anilines is 1. The maximum absolute atomic E-state index is 13.0. The minimum atomic E-state index is -1.20. The van der Waals surface area contributed by atoms with E-state index in [1.807, 2.05) is 0 Å². The lowest BCUT2D eigenvalue weighted by Gasteiger charge is -2.17. The molecule has 0 bridgehead atoms. The van der Waals surface area contributed by atoms with Crippen molar-refractivity contribution >= 4 is 17.1 Å². The lowest BCUT2D eigenvalue weighted by molar-refractivity contribution is -0.0494. The van der Waals surface area contributed by atoms with Crippen molar-refractivity contribution in [1.82, 2.24) is 19.5 Å². The Morgan fingerprint density at radius 1 is 1.57 bits per heavy atom. The van der Waals surface area contributed by atoms with Gasteiger partial charge in [-0.15, -0.1) is 0 Å². The molecule has 1 aliphatic rings. The maximum Gasteiger partial charge on any atom is 0.280 e. The third-order valence-corrected chi connectivity index (χ3v) is 3.61. The van der Waals surface area contributed by atoms with E-state index in [0.29, 0.717) is 0 Å². The summed E-state index contributed by atoms with van der Waals surface area (Å²) in [6, 6.07) is 0. The Morgan fingerprint density at radius 2 is 2.33 bits per heavy atom. The number of aromatic nitrogens is 4. The Bertz CT molecular complexity index is 716. The number of fused-ring (bicyclic) bond motifs is 1. The van der Waals surface area contributed by atoms with Crippen LogP contribution in [0, 0.1) is 5.92 Å². The predicted molar refractivity (Wildman–Crippen MR) is 69.0 cm³/mol. The Kier molecular flexibility index (Phi) is 3.35. The number of ether oxygens (including phenoxy) is 1.